The molecular formula is C17H26N2O. The van der Waals surface area contributed by atoms with Crippen LogP contribution in [0.5, 0.6) is 0 Å². The van der Waals surface area contributed by atoms with Crippen molar-refractivity contribution in [2.45, 2.75) is 44.2 Å². The smallest absolute Gasteiger partial charge is 0.0713 e. The zero-order valence-corrected chi connectivity index (χ0v) is 12.5. The van der Waals surface area contributed by atoms with Crippen LogP contribution < -0.4 is 10.2 Å². The lowest BCUT2D eigenvalue weighted by molar-refractivity contribution is 0.185. The Balaban J connectivity index is 1.79. The molecule has 2 fully saturated rings. The van der Waals surface area contributed by atoms with Gasteiger partial charge in [-0.3, -0.25) is 0 Å². The largest absolute Gasteiger partial charge is 0.380 e. The maximum atomic E-state index is 5.26. The van der Waals surface area contributed by atoms with E-state index in [4.69, 9.17) is 4.74 Å². The molecule has 0 aromatic heterocycles. The number of methoxy groups -OCH3 is 1. The maximum absolute atomic E-state index is 5.26. The Bertz CT molecular complexity index is 440. The van der Waals surface area contributed by atoms with Gasteiger partial charge in [-0.15, -0.1) is 0 Å². The highest BCUT2D eigenvalue weighted by Gasteiger charge is 2.36. The monoisotopic (exact) mass is 274 g/mol. The van der Waals surface area contributed by atoms with Crippen molar-refractivity contribution in [3.63, 3.8) is 0 Å². The maximum Gasteiger partial charge on any atom is 0.0713 e. The van der Waals surface area contributed by atoms with Gasteiger partial charge in [0.1, 0.15) is 0 Å². The van der Waals surface area contributed by atoms with E-state index in [0.29, 0.717) is 12.1 Å². The van der Waals surface area contributed by atoms with E-state index in [1.165, 1.54) is 43.4 Å². The average Bonchev–Trinajstić information content (AvgIpc) is 2.80. The Labute approximate surface area is 122 Å². The molecule has 1 heterocycles. The molecule has 110 valence electrons. The van der Waals surface area contributed by atoms with E-state index in [1.54, 1.807) is 7.11 Å². The van der Waals surface area contributed by atoms with Gasteiger partial charge in [-0.1, -0.05) is 25.0 Å². The van der Waals surface area contributed by atoms with E-state index in [9.17, 15) is 0 Å². The van der Waals surface area contributed by atoms with Crippen LogP contribution in [0.3, 0.4) is 0 Å². The third kappa shape index (κ3) is 2.99. The molecule has 1 aromatic carbocycles. The lowest BCUT2D eigenvalue weighted by Crippen LogP contribution is -2.49. The first-order valence-corrected chi connectivity index (χ1v) is 7.89. The van der Waals surface area contributed by atoms with Crippen molar-refractivity contribution >= 4 is 5.69 Å². The first-order valence-electron chi connectivity index (χ1n) is 7.89. The summed E-state index contributed by atoms with van der Waals surface area (Å²) in [6, 6.07) is 8.84. The van der Waals surface area contributed by atoms with Crippen molar-refractivity contribution in [1.29, 1.82) is 0 Å². The van der Waals surface area contributed by atoms with Crippen molar-refractivity contribution in [2.75, 3.05) is 31.6 Å². The van der Waals surface area contributed by atoms with Gasteiger partial charge in [0.2, 0.25) is 0 Å². The van der Waals surface area contributed by atoms with Crippen molar-refractivity contribution in [2.24, 2.45) is 0 Å². The fourth-order valence-electron chi connectivity index (χ4n) is 3.74. The Kier molecular flexibility index (Phi) is 4.27. The van der Waals surface area contributed by atoms with E-state index in [1.807, 2.05) is 0 Å². The molecule has 1 spiro atoms. The van der Waals surface area contributed by atoms with Crippen molar-refractivity contribution < 1.29 is 4.74 Å². The zero-order chi connectivity index (χ0) is 13.8. The topological polar surface area (TPSA) is 24.5 Å². The second-order valence-corrected chi connectivity index (χ2v) is 6.29. The van der Waals surface area contributed by atoms with Crippen molar-refractivity contribution in [3.8, 4) is 0 Å². The predicted octanol–water partition coefficient (Wildman–Crippen LogP) is 2.95. The van der Waals surface area contributed by atoms with Crippen molar-refractivity contribution in [1.82, 2.24) is 5.32 Å². The standard InChI is InChI=1S/C17H26N2O/c1-20-13-15-6-4-7-16(12-15)19-11-5-10-18-17(14-19)8-2-3-9-17/h4,6-7,12,18H,2-3,5,8-11,13-14H2,1H3. The van der Waals surface area contributed by atoms with Crippen LogP contribution >= 0.6 is 0 Å². The van der Waals surface area contributed by atoms with Crippen LogP contribution in [0.2, 0.25) is 0 Å². The highest BCUT2D eigenvalue weighted by atomic mass is 16.5. The fourth-order valence-corrected chi connectivity index (χ4v) is 3.74. The summed E-state index contributed by atoms with van der Waals surface area (Å²) < 4.78 is 5.26. The van der Waals surface area contributed by atoms with Gasteiger partial charge >= 0.3 is 0 Å². The van der Waals surface area contributed by atoms with Gasteiger partial charge in [0.05, 0.1) is 6.61 Å². The molecule has 3 heteroatoms. The Morgan fingerprint density at radius 2 is 2.10 bits per heavy atom. The van der Waals surface area contributed by atoms with Gasteiger partial charge in [0.15, 0.2) is 0 Å². The summed E-state index contributed by atoms with van der Waals surface area (Å²) in [4.78, 5) is 2.57. The third-order valence-corrected chi connectivity index (χ3v) is 4.75. The zero-order valence-electron chi connectivity index (χ0n) is 12.5. The van der Waals surface area contributed by atoms with Crippen LogP contribution in [0.15, 0.2) is 24.3 Å². The number of benzene rings is 1. The van der Waals surface area contributed by atoms with Crippen molar-refractivity contribution in [3.05, 3.63) is 29.8 Å². The number of anilines is 1. The molecule has 20 heavy (non-hydrogen) atoms. The van der Waals surface area contributed by atoms with Gasteiger partial charge < -0.3 is 15.0 Å². The Morgan fingerprint density at radius 3 is 2.90 bits per heavy atom. The molecule has 0 atom stereocenters. The third-order valence-electron chi connectivity index (χ3n) is 4.75. The number of nitrogens with one attached hydrogen (secondary N) is 1. The Morgan fingerprint density at radius 1 is 1.25 bits per heavy atom. The minimum Gasteiger partial charge on any atom is -0.380 e. The molecule has 3 nitrogen and oxygen atoms in total. The fraction of sp³-hybridized carbons (Fsp3) is 0.647. The summed E-state index contributed by atoms with van der Waals surface area (Å²) >= 11 is 0. The molecule has 1 aliphatic heterocycles. The molecule has 1 saturated carbocycles. The summed E-state index contributed by atoms with van der Waals surface area (Å²) in [5.41, 5.74) is 2.99. The highest BCUT2D eigenvalue weighted by Crippen LogP contribution is 2.33. The van der Waals surface area contributed by atoms with E-state index in [-0.39, 0.29) is 0 Å². The van der Waals surface area contributed by atoms with Gasteiger partial charge in [0, 0.05) is 31.4 Å². The average molecular weight is 274 g/mol. The second kappa shape index (κ2) is 6.15. The molecular weight excluding hydrogens is 248 g/mol. The molecule has 1 saturated heterocycles. The van der Waals surface area contributed by atoms with Crippen LogP contribution in [0.1, 0.15) is 37.7 Å². The molecule has 1 aromatic rings. The number of hydrogen-bond acceptors (Lipinski definition) is 3. The summed E-state index contributed by atoms with van der Waals surface area (Å²) in [5.74, 6) is 0. The van der Waals surface area contributed by atoms with Gasteiger partial charge in [-0.05, 0) is 43.5 Å². The summed E-state index contributed by atoms with van der Waals surface area (Å²) in [7, 11) is 1.76. The minimum atomic E-state index is 0.369. The van der Waals surface area contributed by atoms with Gasteiger partial charge in [0.25, 0.3) is 0 Å². The minimum absolute atomic E-state index is 0.369. The summed E-state index contributed by atoms with van der Waals surface area (Å²) in [5, 5.41) is 3.83. The van der Waals surface area contributed by atoms with Crippen LogP contribution in [-0.4, -0.2) is 32.3 Å². The number of nitrogens with zero attached hydrogens (tertiary/aromatic N) is 1. The second-order valence-electron chi connectivity index (χ2n) is 6.29. The van der Waals surface area contributed by atoms with Gasteiger partial charge in [-0.2, -0.15) is 0 Å². The van der Waals surface area contributed by atoms with E-state index < -0.39 is 0 Å². The number of hydrogen-bond donors (Lipinski definition) is 1. The van der Waals surface area contributed by atoms with E-state index in [0.717, 1.165) is 19.6 Å². The quantitative estimate of drug-likeness (QED) is 0.917. The molecule has 2 aliphatic rings. The first kappa shape index (κ1) is 13.9. The summed E-state index contributed by atoms with van der Waals surface area (Å²) in [6.07, 6.45) is 6.66. The van der Waals surface area contributed by atoms with Crippen LogP contribution in [0.25, 0.3) is 0 Å². The van der Waals surface area contributed by atoms with Crippen LogP contribution in [-0.2, 0) is 11.3 Å². The predicted molar refractivity (Wildman–Crippen MR) is 83.2 cm³/mol. The van der Waals surface area contributed by atoms with E-state index in [2.05, 4.69) is 34.5 Å². The molecule has 0 radical (unpaired) electrons. The van der Waals surface area contributed by atoms with Gasteiger partial charge in [-0.25, -0.2) is 0 Å². The lowest BCUT2D eigenvalue weighted by Gasteiger charge is -2.34. The normalized spacial score (nSPS) is 22.1. The Hall–Kier alpha value is -1.06. The molecule has 1 aliphatic carbocycles. The lowest BCUT2D eigenvalue weighted by atomic mass is 9.97. The first-order chi connectivity index (χ1) is 9.81. The molecule has 0 unspecified atom stereocenters. The molecule has 1 N–H and O–H groups in total. The SMILES string of the molecule is COCc1cccc(N2CCCNC3(CCCC3)C2)c1. The molecule has 3 rings (SSSR count). The highest BCUT2D eigenvalue weighted by molar-refractivity contribution is 5.49. The van der Waals surface area contributed by atoms with Crippen LogP contribution in [0, 0.1) is 0 Å². The number of ether oxygens (including phenoxy) is 1. The van der Waals surface area contributed by atoms with E-state index >= 15 is 0 Å². The molecule has 0 amide bonds. The van der Waals surface area contributed by atoms with Crippen LogP contribution in [0.4, 0.5) is 5.69 Å². The number of rotatable bonds is 3. The molecule has 0 bridgehead atoms. The summed E-state index contributed by atoms with van der Waals surface area (Å²) in [6.45, 7) is 4.17.